The molecule has 0 bridgehead atoms. The summed E-state index contributed by atoms with van der Waals surface area (Å²) >= 11 is 1.82. The molecule has 1 aliphatic rings. The van der Waals surface area contributed by atoms with Crippen molar-refractivity contribution in [2.75, 3.05) is 13.2 Å². The third-order valence-corrected chi connectivity index (χ3v) is 14.2. The predicted octanol–water partition coefficient (Wildman–Crippen LogP) is 10.4. The van der Waals surface area contributed by atoms with Gasteiger partial charge in [0.05, 0.1) is 0 Å². The molecule has 5 aromatic rings. The van der Waals surface area contributed by atoms with E-state index in [-0.39, 0.29) is 0 Å². The van der Waals surface area contributed by atoms with Crippen LogP contribution in [0.2, 0.25) is 0 Å². The predicted molar refractivity (Wildman–Crippen MR) is 209 cm³/mol. The number of rotatable bonds is 10. The second kappa shape index (κ2) is 16.8. The van der Waals surface area contributed by atoms with Crippen LogP contribution in [0, 0.1) is 4.37 Å². The van der Waals surface area contributed by atoms with Crippen molar-refractivity contribution in [2.45, 2.75) is 20.3 Å². The third kappa shape index (κ3) is 7.76. The summed E-state index contributed by atoms with van der Waals surface area (Å²) in [5.74, 6) is 0. The molecule has 6 rings (SSSR count). The van der Waals surface area contributed by atoms with E-state index in [4.69, 9.17) is 4.74 Å². The number of hydrogen-bond acceptors (Lipinski definition) is 1. The van der Waals surface area contributed by atoms with Crippen LogP contribution < -0.4 is 15.9 Å². The van der Waals surface area contributed by atoms with E-state index < -0.39 is 7.26 Å². The van der Waals surface area contributed by atoms with Gasteiger partial charge in [0.2, 0.25) is 0 Å². The molecule has 0 unspecified atom stereocenters. The first-order chi connectivity index (χ1) is 24.2. The maximum absolute atomic E-state index is 6.02. The van der Waals surface area contributed by atoms with Gasteiger partial charge in [0.25, 0.3) is 0 Å². The van der Waals surface area contributed by atoms with Crippen molar-refractivity contribution in [3.63, 3.8) is 0 Å². The van der Waals surface area contributed by atoms with Crippen LogP contribution in [0.1, 0.15) is 31.4 Å². The van der Waals surface area contributed by atoms with Gasteiger partial charge in [-0.15, -0.1) is 0 Å². The van der Waals surface area contributed by atoms with Gasteiger partial charge in [-0.3, -0.25) is 0 Å². The number of allylic oxidation sites excluding steroid dienone is 6. The second-order valence-electron chi connectivity index (χ2n) is 11.9. The summed E-state index contributed by atoms with van der Waals surface area (Å²) in [5.41, 5.74) is 8.46. The van der Waals surface area contributed by atoms with Crippen molar-refractivity contribution >= 4 is 35.3 Å². The minimum absolute atomic E-state index is 0.609. The molecule has 3 heteroatoms. The van der Waals surface area contributed by atoms with E-state index >= 15 is 0 Å². The molecule has 0 N–H and O–H groups in total. The molecule has 0 saturated carbocycles. The van der Waals surface area contributed by atoms with E-state index in [2.05, 4.69) is 187 Å². The van der Waals surface area contributed by atoms with Crippen LogP contribution in [-0.4, -0.2) is 13.2 Å². The van der Waals surface area contributed by atoms with Gasteiger partial charge in [-0.05, 0) is 12.5 Å². The quantitative estimate of drug-likeness (QED) is 0.101. The van der Waals surface area contributed by atoms with Crippen molar-refractivity contribution in [3.05, 3.63) is 197 Å². The molecule has 243 valence electrons. The molecule has 49 heavy (non-hydrogen) atoms. The standard InChI is InChI=1S/C46H41OP.Os/c1-4-15-37-23-28-39(29-24-37)40-30-25-38(26-31-40)27-32-41(33-43-35-47-34-42(43)16-5-2)36(3)48(44-17-9-6-10-18-44,45-19-11-7-12-20-45)46-21-13-8-14-22-46;/h4,6-33H,5,34-35H2,1-2H3;/q+1;/b15-4+,32-27+,41-36?,42-16?,43-33?;. The Morgan fingerprint density at radius 1 is 0.653 bits per heavy atom. The second-order valence-corrected chi connectivity index (χ2v) is 15.9. The van der Waals surface area contributed by atoms with E-state index in [1.165, 1.54) is 49.1 Å². The van der Waals surface area contributed by atoms with Crippen molar-refractivity contribution in [3.8, 4) is 15.5 Å². The van der Waals surface area contributed by atoms with Gasteiger partial charge in [-0.1, -0.05) is 12.2 Å². The van der Waals surface area contributed by atoms with E-state index in [1.807, 2.05) is 24.9 Å². The van der Waals surface area contributed by atoms with Gasteiger partial charge in [-0.25, -0.2) is 0 Å². The summed E-state index contributed by atoms with van der Waals surface area (Å²) < 4.78 is 9.85. The summed E-state index contributed by atoms with van der Waals surface area (Å²) in [7, 11) is -2.38. The van der Waals surface area contributed by atoms with Gasteiger partial charge < -0.3 is 0 Å². The van der Waals surface area contributed by atoms with Crippen LogP contribution in [0.3, 0.4) is 0 Å². The van der Waals surface area contributed by atoms with E-state index in [0.717, 1.165) is 17.6 Å². The molecule has 0 amide bonds. The molecule has 1 fully saturated rings. The zero-order chi connectivity index (χ0) is 33.9. The average molecular weight is 831 g/mol. The Labute approximate surface area is 302 Å². The average Bonchev–Trinajstić information content (AvgIpc) is 3.60. The Morgan fingerprint density at radius 2 is 1.12 bits per heavy atom. The fourth-order valence-electron chi connectivity index (χ4n) is 6.46. The first-order valence-corrected chi connectivity index (χ1v) is 19.9. The third-order valence-electron chi connectivity index (χ3n) is 8.80. The van der Waals surface area contributed by atoms with Gasteiger partial charge in [-0.2, -0.15) is 0 Å². The van der Waals surface area contributed by atoms with E-state index in [0.29, 0.717) is 13.2 Å². The Balaban J connectivity index is 1.56. The molecular weight excluding hydrogens is 790 g/mol. The van der Waals surface area contributed by atoms with E-state index in [9.17, 15) is 0 Å². The van der Waals surface area contributed by atoms with Crippen LogP contribution in [-0.2, 0) is 22.7 Å². The number of benzene rings is 5. The van der Waals surface area contributed by atoms with Crippen molar-refractivity contribution in [1.82, 2.24) is 0 Å². The van der Waals surface area contributed by atoms with Crippen LogP contribution >= 0.6 is 7.26 Å². The number of hydrogen-bond donors (Lipinski definition) is 0. The first kappa shape index (κ1) is 34.5. The first-order valence-electron chi connectivity index (χ1n) is 16.8. The number of ether oxygens (including phenoxy) is 1. The Bertz CT molecular complexity index is 1950. The molecule has 0 spiro atoms. The Kier molecular flexibility index (Phi) is 11.8. The summed E-state index contributed by atoms with van der Waals surface area (Å²) in [6, 6.07) is 50.7. The molecule has 0 atom stereocenters. The van der Waals surface area contributed by atoms with Gasteiger partial charge in [0, 0.05) is 0 Å². The molecule has 0 radical (unpaired) electrons. The fourth-order valence-corrected chi connectivity index (χ4v) is 12.3. The summed E-state index contributed by atoms with van der Waals surface area (Å²) in [6.45, 7) is 5.50. The molecule has 1 heterocycles. The molecule has 5 aromatic carbocycles. The minimum atomic E-state index is -2.38. The Hall–Kier alpha value is -4.39. The monoisotopic (exact) mass is 832 g/mol. The molecule has 0 aromatic heterocycles. The summed E-state index contributed by atoms with van der Waals surface area (Å²) in [5, 5.41) is 5.15. The SMILES string of the molecule is C/C=C/c1ccc(-c2ccc(/C=C/C(C=C3COCC3=CCC)=C([C]#[Os])[P+](c3ccccc3)(c3ccccc3)c3ccccc3)cc2)cc1. The van der Waals surface area contributed by atoms with Gasteiger partial charge >= 0.3 is 279 Å². The zero-order valence-corrected chi connectivity index (χ0v) is 31.5. The molecular formula is C46H41OOsP+. The molecule has 1 saturated heterocycles. The van der Waals surface area contributed by atoms with Gasteiger partial charge in [0.15, 0.2) is 0 Å². The molecule has 1 nitrogen and oxygen atoms in total. The zero-order valence-electron chi connectivity index (χ0n) is 28.1. The fraction of sp³-hybridized carbons (Fsp3) is 0.109. The molecule has 1 aliphatic heterocycles. The topological polar surface area (TPSA) is 9.23 Å². The van der Waals surface area contributed by atoms with Crippen LogP contribution in [0.25, 0.3) is 23.3 Å². The van der Waals surface area contributed by atoms with Gasteiger partial charge in [0.1, 0.15) is 0 Å². The Morgan fingerprint density at radius 3 is 1.57 bits per heavy atom. The van der Waals surface area contributed by atoms with Crippen molar-refractivity contribution in [1.29, 1.82) is 0 Å². The summed E-state index contributed by atoms with van der Waals surface area (Å²) in [6.07, 6.45) is 14.4. The van der Waals surface area contributed by atoms with Crippen LogP contribution in [0.15, 0.2) is 186 Å². The van der Waals surface area contributed by atoms with E-state index in [1.54, 1.807) is 0 Å². The van der Waals surface area contributed by atoms with Crippen LogP contribution in [0.4, 0.5) is 0 Å². The normalized spacial score (nSPS) is 15.6. The van der Waals surface area contributed by atoms with Crippen molar-refractivity contribution in [2.24, 2.45) is 0 Å². The summed E-state index contributed by atoms with van der Waals surface area (Å²) in [4.78, 5) is 0. The van der Waals surface area contributed by atoms with Crippen LogP contribution in [0.5, 0.6) is 0 Å². The van der Waals surface area contributed by atoms with Crippen molar-refractivity contribution < 1.29 is 22.7 Å². The molecule has 0 aliphatic carbocycles. The maximum atomic E-state index is 6.02.